The van der Waals surface area contributed by atoms with Crippen molar-refractivity contribution in [1.82, 2.24) is 15.1 Å². The number of carboxylic acids is 1. The Morgan fingerprint density at radius 3 is 2.91 bits per heavy atom. The zero-order valence-corrected chi connectivity index (χ0v) is 12.9. The van der Waals surface area contributed by atoms with E-state index in [4.69, 9.17) is 0 Å². The van der Waals surface area contributed by atoms with Crippen molar-refractivity contribution < 1.29 is 19.6 Å². The fraction of sp³-hybridized carbons (Fsp3) is 0.643. The summed E-state index contributed by atoms with van der Waals surface area (Å²) < 4.78 is 1.33. The van der Waals surface area contributed by atoms with E-state index in [0.717, 1.165) is 19.0 Å². The molecule has 2 unspecified atom stereocenters. The Balaban J connectivity index is 1.92. The second-order valence-corrected chi connectivity index (χ2v) is 6.07. The predicted octanol–water partition coefficient (Wildman–Crippen LogP) is 1.33. The maximum absolute atomic E-state index is 12.1. The van der Waals surface area contributed by atoms with Gasteiger partial charge < -0.3 is 10.4 Å². The van der Waals surface area contributed by atoms with Crippen LogP contribution in [-0.4, -0.2) is 37.2 Å². The summed E-state index contributed by atoms with van der Waals surface area (Å²) in [7, 11) is 0. The number of amides is 1. The van der Waals surface area contributed by atoms with Gasteiger partial charge in [-0.25, -0.2) is 0 Å². The lowest BCUT2D eigenvalue weighted by Crippen LogP contribution is -2.55. The molecule has 1 aromatic heterocycles. The van der Waals surface area contributed by atoms with Crippen molar-refractivity contribution in [1.29, 1.82) is 0 Å². The molecule has 2 atom stereocenters. The van der Waals surface area contributed by atoms with Gasteiger partial charge in [-0.15, -0.1) is 0 Å². The molecule has 1 saturated carbocycles. The lowest BCUT2D eigenvalue weighted by molar-refractivity contribution is -0.385. The molecule has 0 radical (unpaired) electrons. The summed E-state index contributed by atoms with van der Waals surface area (Å²) in [6.45, 7) is 1.97. The molecule has 0 saturated heterocycles. The normalized spacial score (nSPS) is 24.1. The van der Waals surface area contributed by atoms with Gasteiger partial charge in [-0.1, -0.05) is 12.8 Å². The Morgan fingerprint density at radius 1 is 1.57 bits per heavy atom. The summed E-state index contributed by atoms with van der Waals surface area (Å²) in [6, 6.07) is 0. The number of nitrogens with one attached hydrogen (secondary N) is 1. The molecule has 2 rings (SSSR count). The first-order valence-corrected chi connectivity index (χ1v) is 7.52. The number of carboxylic acid groups (broad SMARTS) is 1. The lowest BCUT2D eigenvalue weighted by atomic mass is 9.74. The van der Waals surface area contributed by atoms with E-state index >= 15 is 0 Å². The predicted molar refractivity (Wildman–Crippen MR) is 79.6 cm³/mol. The van der Waals surface area contributed by atoms with Crippen LogP contribution in [0.25, 0.3) is 0 Å². The SMILES string of the molecule is CC1(NC(=O)CCn2cc([N+](=O)[O-])cn2)CCCCC1C(=O)O. The molecule has 0 aliphatic heterocycles. The van der Waals surface area contributed by atoms with Gasteiger partial charge in [0.2, 0.25) is 5.91 Å². The standard InChI is InChI=1S/C14H20N4O5/c1-14(6-3-2-4-11(14)13(20)21)16-12(19)5-7-17-9-10(8-15-17)18(22)23/h8-9,11H,2-7H2,1H3,(H,16,19)(H,20,21). The molecule has 1 aliphatic rings. The molecule has 9 heteroatoms. The van der Waals surface area contributed by atoms with Crippen LogP contribution in [0.4, 0.5) is 5.69 Å². The molecule has 126 valence electrons. The molecule has 0 aromatic carbocycles. The molecule has 9 nitrogen and oxygen atoms in total. The van der Waals surface area contributed by atoms with Gasteiger partial charge in [0.15, 0.2) is 0 Å². The zero-order valence-electron chi connectivity index (χ0n) is 12.9. The van der Waals surface area contributed by atoms with Crippen LogP contribution in [0, 0.1) is 16.0 Å². The molecule has 2 N–H and O–H groups in total. The number of nitro groups is 1. The Morgan fingerprint density at radius 2 is 2.30 bits per heavy atom. The van der Waals surface area contributed by atoms with Crippen LogP contribution in [0.1, 0.15) is 39.0 Å². The largest absolute Gasteiger partial charge is 0.481 e. The van der Waals surface area contributed by atoms with Gasteiger partial charge in [0.1, 0.15) is 12.4 Å². The minimum absolute atomic E-state index is 0.0841. The highest BCUT2D eigenvalue weighted by molar-refractivity contribution is 5.79. The van der Waals surface area contributed by atoms with Gasteiger partial charge in [-0.2, -0.15) is 5.10 Å². The second kappa shape index (κ2) is 6.76. The molecule has 1 heterocycles. The molecular formula is C14H20N4O5. The van der Waals surface area contributed by atoms with Crippen molar-refractivity contribution in [3.63, 3.8) is 0 Å². The highest BCUT2D eigenvalue weighted by Crippen LogP contribution is 2.33. The average molecular weight is 324 g/mol. The highest BCUT2D eigenvalue weighted by atomic mass is 16.6. The van der Waals surface area contributed by atoms with Gasteiger partial charge in [0, 0.05) is 13.0 Å². The first-order valence-electron chi connectivity index (χ1n) is 7.52. The number of aliphatic carboxylic acids is 1. The molecule has 0 bridgehead atoms. The Kier molecular flexibility index (Phi) is 4.97. The molecule has 1 aliphatic carbocycles. The first kappa shape index (κ1) is 16.9. The smallest absolute Gasteiger partial charge is 0.308 e. The summed E-state index contributed by atoms with van der Waals surface area (Å²) >= 11 is 0. The van der Waals surface area contributed by atoms with Crippen LogP contribution in [0.3, 0.4) is 0 Å². The quantitative estimate of drug-likeness (QED) is 0.600. The van der Waals surface area contributed by atoms with Crippen LogP contribution in [-0.2, 0) is 16.1 Å². The third-order valence-corrected chi connectivity index (χ3v) is 4.33. The number of aromatic nitrogens is 2. The highest BCUT2D eigenvalue weighted by Gasteiger charge is 2.42. The summed E-state index contributed by atoms with van der Waals surface area (Å²) in [6.07, 6.45) is 5.38. The summed E-state index contributed by atoms with van der Waals surface area (Å²) in [5.74, 6) is -1.76. The summed E-state index contributed by atoms with van der Waals surface area (Å²) in [5.41, 5.74) is -0.882. The van der Waals surface area contributed by atoms with E-state index in [-0.39, 0.29) is 24.6 Å². The Labute approximate surface area is 132 Å². The molecule has 23 heavy (non-hydrogen) atoms. The van der Waals surface area contributed by atoms with Gasteiger partial charge in [-0.05, 0) is 19.8 Å². The monoisotopic (exact) mass is 324 g/mol. The number of carbonyl (C=O) groups excluding carboxylic acids is 1. The Bertz CT molecular complexity index is 614. The van der Waals surface area contributed by atoms with E-state index < -0.39 is 22.3 Å². The van der Waals surface area contributed by atoms with E-state index in [1.54, 1.807) is 6.92 Å². The molecule has 0 spiro atoms. The second-order valence-electron chi connectivity index (χ2n) is 6.07. The first-order chi connectivity index (χ1) is 10.8. The van der Waals surface area contributed by atoms with Crippen molar-refractivity contribution in [3.8, 4) is 0 Å². The maximum atomic E-state index is 12.1. The third-order valence-electron chi connectivity index (χ3n) is 4.33. The van der Waals surface area contributed by atoms with Crippen LogP contribution in [0.2, 0.25) is 0 Å². The number of rotatable bonds is 6. The fourth-order valence-corrected chi connectivity index (χ4v) is 3.05. The van der Waals surface area contributed by atoms with Crippen molar-refractivity contribution in [2.24, 2.45) is 5.92 Å². The van der Waals surface area contributed by atoms with E-state index in [1.165, 1.54) is 10.9 Å². The van der Waals surface area contributed by atoms with Crippen molar-refractivity contribution in [2.75, 3.05) is 0 Å². The van der Waals surface area contributed by atoms with Gasteiger partial charge in [0.25, 0.3) is 0 Å². The third kappa shape index (κ3) is 4.05. The van der Waals surface area contributed by atoms with Crippen molar-refractivity contribution in [3.05, 3.63) is 22.5 Å². The van der Waals surface area contributed by atoms with E-state index in [9.17, 15) is 24.8 Å². The van der Waals surface area contributed by atoms with Crippen LogP contribution >= 0.6 is 0 Å². The van der Waals surface area contributed by atoms with Crippen LogP contribution in [0.15, 0.2) is 12.4 Å². The topological polar surface area (TPSA) is 127 Å². The molecule has 1 amide bonds. The van der Waals surface area contributed by atoms with Gasteiger partial charge >= 0.3 is 11.7 Å². The Hall–Kier alpha value is -2.45. The number of aryl methyl sites for hydroxylation is 1. The minimum Gasteiger partial charge on any atom is -0.481 e. The van der Waals surface area contributed by atoms with Crippen LogP contribution in [0.5, 0.6) is 0 Å². The summed E-state index contributed by atoms with van der Waals surface area (Å²) in [4.78, 5) is 33.5. The number of hydrogen-bond donors (Lipinski definition) is 2. The van der Waals surface area contributed by atoms with E-state index in [2.05, 4.69) is 10.4 Å². The average Bonchev–Trinajstić information content (AvgIpc) is 2.94. The van der Waals surface area contributed by atoms with Crippen molar-refractivity contribution in [2.45, 2.75) is 51.1 Å². The van der Waals surface area contributed by atoms with E-state index in [0.29, 0.717) is 12.8 Å². The maximum Gasteiger partial charge on any atom is 0.308 e. The number of carbonyl (C=O) groups is 2. The fourth-order valence-electron chi connectivity index (χ4n) is 3.05. The molecule has 1 fully saturated rings. The molecular weight excluding hydrogens is 304 g/mol. The van der Waals surface area contributed by atoms with Gasteiger partial charge in [-0.3, -0.25) is 24.4 Å². The molecule has 1 aromatic rings. The number of nitrogens with zero attached hydrogens (tertiary/aromatic N) is 3. The zero-order chi connectivity index (χ0) is 17.0. The van der Waals surface area contributed by atoms with E-state index in [1.807, 2.05) is 0 Å². The summed E-state index contributed by atoms with van der Waals surface area (Å²) in [5, 5.41) is 26.5. The lowest BCUT2D eigenvalue weighted by Gasteiger charge is -2.39. The van der Waals surface area contributed by atoms with Crippen LogP contribution < -0.4 is 5.32 Å². The number of hydrogen-bond acceptors (Lipinski definition) is 5. The van der Waals surface area contributed by atoms with Gasteiger partial charge in [0.05, 0.1) is 16.4 Å². The van der Waals surface area contributed by atoms with Crippen molar-refractivity contribution >= 4 is 17.6 Å². The minimum atomic E-state index is -0.893.